The molecule has 4 heterocycles. The van der Waals surface area contributed by atoms with Gasteiger partial charge in [-0.2, -0.15) is 0 Å². The van der Waals surface area contributed by atoms with Crippen molar-refractivity contribution in [1.29, 1.82) is 0 Å². The zero-order valence-corrected chi connectivity index (χ0v) is 24.1. The molecule has 0 aliphatic heterocycles. The molecule has 2 amide bonds. The number of aryl methyl sites for hydroxylation is 1. The highest BCUT2D eigenvalue weighted by Crippen LogP contribution is 2.30. The molecule has 12 nitrogen and oxygen atoms in total. The molecule has 14 heteroatoms. The van der Waals surface area contributed by atoms with Crippen molar-refractivity contribution in [3.8, 4) is 0 Å². The van der Waals surface area contributed by atoms with Gasteiger partial charge >= 0.3 is 0 Å². The number of rotatable bonds is 15. The second-order valence-electron chi connectivity index (χ2n) is 9.81. The molecule has 1 saturated carbocycles. The smallest absolute Gasteiger partial charge is 0.232 e. The van der Waals surface area contributed by atoms with Crippen LogP contribution in [0.25, 0.3) is 0 Å². The minimum Gasteiger partial charge on any atom is -0.360 e. The standard InChI is InChI=1S/C27H32N10O2S2/c38-22(16-19-6-1-3-10-28-19)32-26-36-34-24(40-26)8-5-12-30-21-14-18(15-21)9-13-31-25-35-37-27(41-25)33-23(39)17-20-7-2-4-11-29-20/h1-4,6-7,10-11,18,21,30H,5,8-9,12-17H2,(H,31,35)(H,32,36,38)(H,33,37,39). The van der Waals surface area contributed by atoms with Crippen molar-refractivity contribution >= 4 is 49.9 Å². The summed E-state index contributed by atoms with van der Waals surface area (Å²) >= 11 is 2.76. The average molecular weight is 593 g/mol. The first-order valence-electron chi connectivity index (χ1n) is 13.6. The van der Waals surface area contributed by atoms with Gasteiger partial charge in [-0.15, -0.1) is 20.4 Å². The van der Waals surface area contributed by atoms with Crippen molar-refractivity contribution in [2.45, 2.75) is 51.0 Å². The third-order valence-electron chi connectivity index (χ3n) is 6.59. The third kappa shape index (κ3) is 9.33. The summed E-state index contributed by atoms with van der Waals surface area (Å²) in [6.07, 6.45) is 8.96. The Morgan fingerprint density at radius 3 is 2.07 bits per heavy atom. The molecule has 0 radical (unpaired) electrons. The summed E-state index contributed by atoms with van der Waals surface area (Å²) in [7, 11) is 0. The maximum Gasteiger partial charge on any atom is 0.232 e. The Hall–Kier alpha value is -3.88. The molecule has 5 rings (SSSR count). The minimum atomic E-state index is -0.159. The van der Waals surface area contributed by atoms with Gasteiger partial charge in [0.2, 0.25) is 27.2 Å². The van der Waals surface area contributed by atoms with Gasteiger partial charge in [-0.1, -0.05) is 34.8 Å². The summed E-state index contributed by atoms with van der Waals surface area (Å²) in [6.45, 7) is 1.75. The molecular formula is C27H32N10O2S2. The molecule has 1 aliphatic carbocycles. The molecule has 0 atom stereocenters. The van der Waals surface area contributed by atoms with Gasteiger partial charge in [0.15, 0.2) is 0 Å². The lowest BCUT2D eigenvalue weighted by Crippen LogP contribution is -2.42. The average Bonchev–Trinajstić information content (AvgIpc) is 3.59. The van der Waals surface area contributed by atoms with E-state index in [9.17, 15) is 9.59 Å². The van der Waals surface area contributed by atoms with Gasteiger partial charge in [0.1, 0.15) is 5.01 Å². The Labute approximate surface area is 245 Å². The Kier molecular flexibility index (Phi) is 10.2. The van der Waals surface area contributed by atoms with Gasteiger partial charge in [-0.25, -0.2) is 0 Å². The van der Waals surface area contributed by atoms with Crippen LogP contribution in [0.5, 0.6) is 0 Å². The predicted molar refractivity (Wildman–Crippen MR) is 159 cm³/mol. The first-order chi connectivity index (χ1) is 20.1. The molecule has 1 aliphatic rings. The maximum absolute atomic E-state index is 12.2. The fourth-order valence-corrected chi connectivity index (χ4v) is 5.96. The number of carbonyl (C=O) groups is 2. The van der Waals surface area contributed by atoms with Gasteiger partial charge in [0.25, 0.3) is 0 Å². The van der Waals surface area contributed by atoms with E-state index in [0.717, 1.165) is 55.9 Å². The van der Waals surface area contributed by atoms with E-state index in [1.807, 2.05) is 36.4 Å². The molecule has 4 aromatic heterocycles. The summed E-state index contributed by atoms with van der Waals surface area (Å²) in [5.41, 5.74) is 1.44. The molecule has 0 spiro atoms. The second-order valence-corrected chi connectivity index (χ2v) is 11.9. The van der Waals surface area contributed by atoms with E-state index in [1.165, 1.54) is 22.7 Å². The summed E-state index contributed by atoms with van der Waals surface area (Å²) in [4.78, 5) is 32.7. The number of carbonyl (C=O) groups excluding carboxylic acids is 2. The lowest BCUT2D eigenvalue weighted by atomic mass is 9.78. The Morgan fingerprint density at radius 1 is 0.780 bits per heavy atom. The quantitative estimate of drug-likeness (QED) is 0.151. The van der Waals surface area contributed by atoms with Crippen LogP contribution in [0.1, 0.15) is 42.1 Å². The van der Waals surface area contributed by atoms with Crippen molar-refractivity contribution < 1.29 is 9.59 Å². The van der Waals surface area contributed by atoms with Crippen LogP contribution in [0.2, 0.25) is 0 Å². The Bertz CT molecular complexity index is 1390. The van der Waals surface area contributed by atoms with E-state index in [0.29, 0.717) is 33.0 Å². The number of nitrogens with one attached hydrogen (secondary N) is 4. The van der Waals surface area contributed by atoms with Crippen LogP contribution in [0.4, 0.5) is 15.4 Å². The molecule has 41 heavy (non-hydrogen) atoms. The van der Waals surface area contributed by atoms with E-state index in [4.69, 9.17) is 0 Å². The monoisotopic (exact) mass is 592 g/mol. The summed E-state index contributed by atoms with van der Waals surface area (Å²) in [6, 6.07) is 11.6. The van der Waals surface area contributed by atoms with Crippen molar-refractivity contribution in [2.24, 2.45) is 5.92 Å². The zero-order valence-electron chi connectivity index (χ0n) is 22.5. The van der Waals surface area contributed by atoms with Gasteiger partial charge in [0, 0.05) is 42.8 Å². The Balaban J connectivity index is 0.893. The topological polar surface area (TPSA) is 160 Å². The van der Waals surface area contributed by atoms with Crippen molar-refractivity contribution in [1.82, 2.24) is 35.7 Å². The summed E-state index contributed by atoms with van der Waals surface area (Å²) in [5, 5.41) is 31.6. The number of anilines is 3. The van der Waals surface area contributed by atoms with E-state index in [-0.39, 0.29) is 24.7 Å². The van der Waals surface area contributed by atoms with Gasteiger partial charge in [0.05, 0.1) is 12.8 Å². The first kappa shape index (κ1) is 28.6. The van der Waals surface area contributed by atoms with Crippen LogP contribution in [0, 0.1) is 5.92 Å². The normalized spacial score (nSPS) is 16.1. The molecule has 4 aromatic rings. The lowest BCUT2D eigenvalue weighted by Gasteiger charge is -2.36. The van der Waals surface area contributed by atoms with Crippen LogP contribution < -0.4 is 21.3 Å². The molecular weight excluding hydrogens is 560 g/mol. The first-order valence-corrected chi connectivity index (χ1v) is 15.2. The number of hydrogen-bond donors (Lipinski definition) is 4. The van der Waals surface area contributed by atoms with Crippen LogP contribution in [0.15, 0.2) is 48.8 Å². The van der Waals surface area contributed by atoms with Crippen LogP contribution in [0.3, 0.4) is 0 Å². The highest BCUT2D eigenvalue weighted by molar-refractivity contribution is 7.19. The van der Waals surface area contributed by atoms with Crippen molar-refractivity contribution in [3.05, 3.63) is 65.2 Å². The molecule has 0 aromatic carbocycles. The number of amides is 2. The number of hydrogen-bond acceptors (Lipinski definition) is 12. The van der Waals surface area contributed by atoms with Crippen LogP contribution >= 0.6 is 22.7 Å². The third-order valence-corrected chi connectivity index (χ3v) is 8.28. The minimum absolute atomic E-state index is 0.142. The number of nitrogens with zero attached hydrogens (tertiary/aromatic N) is 6. The van der Waals surface area contributed by atoms with Crippen LogP contribution in [-0.4, -0.2) is 61.3 Å². The predicted octanol–water partition coefficient (Wildman–Crippen LogP) is 3.35. The number of pyridine rings is 2. The molecule has 0 bridgehead atoms. The van der Waals surface area contributed by atoms with Gasteiger partial charge in [-0.05, 0) is 62.4 Å². The highest BCUT2D eigenvalue weighted by Gasteiger charge is 2.28. The lowest BCUT2D eigenvalue weighted by molar-refractivity contribution is -0.116. The molecule has 214 valence electrons. The van der Waals surface area contributed by atoms with Crippen molar-refractivity contribution in [3.63, 3.8) is 0 Å². The second kappa shape index (κ2) is 14.7. The van der Waals surface area contributed by atoms with E-state index in [1.54, 1.807) is 12.4 Å². The van der Waals surface area contributed by atoms with Crippen LogP contribution in [-0.2, 0) is 28.9 Å². The SMILES string of the molecule is O=C(Cc1ccccn1)Nc1nnc(CCCNC2CC(CCNc3nnc(NC(=O)Cc4ccccn4)s3)C2)s1. The van der Waals surface area contributed by atoms with E-state index in [2.05, 4.69) is 51.6 Å². The van der Waals surface area contributed by atoms with Gasteiger partial charge < -0.3 is 21.3 Å². The number of aromatic nitrogens is 6. The van der Waals surface area contributed by atoms with E-state index < -0.39 is 0 Å². The van der Waals surface area contributed by atoms with Crippen molar-refractivity contribution in [2.75, 3.05) is 29.0 Å². The molecule has 1 fully saturated rings. The zero-order chi connectivity index (χ0) is 28.3. The maximum atomic E-state index is 12.2. The summed E-state index contributed by atoms with van der Waals surface area (Å²) in [5.74, 6) is 0.385. The largest absolute Gasteiger partial charge is 0.360 e. The fourth-order valence-electron chi connectivity index (χ4n) is 4.48. The fraction of sp³-hybridized carbons (Fsp3) is 0.407. The van der Waals surface area contributed by atoms with Gasteiger partial charge in [-0.3, -0.25) is 19.6 Å². The van der Waals surface area contributed by atoms with E-state index >= 15 is 0 Å². The molecule has 0 saturated heterocycles. The molecule has 0 unspecified atom stereocenters. The Morgan fingerprint density at radius 2 is 1.41 bits per heavy atom. The highest BCUT2D eigenvalue weighted by atomic mass is 32.1. The summed E-state index contributed by atoms with van der Waals surface area (Å²) < 4.78 is 0. The molecule has 4 N–H and O–H groups in total.